The smallest absolute Gasteiger partial charge is 0.0597 e. The molecule has 1 aliphatic rings. The van der Waals surface area contributed by atoms with Crippen molar-refractivity contribution in [1.82, 2.24) is 9.80 Å². The minimum atomic E-state index is 0.346. The fourth-order valence-corrected chi connectivity index (χ4v) is 2.53. The first-order valence-electron chi connectivity index (χ1n) is 8.29. The summed E-state index contributed by atoms with van der Waals surface area (Å²) >= 11 is 0. The fourth-order valence-electron chi connectivity index (χ4n) is 2.53. The molecule has 1 atom stereocenters. The minimum Gasteiger partial charge on any atom is -0.377 e. The molecule has 0 unspecified atom stereocenters. The highest BCUT2D eigenvalue weighted by molar-refractivity contribution is 4.71. The van der Waals surface area contributed by atoms with Gasteiger partial charge in [-0.25, -0.2) is 0 Å². The van der Waals surface area contributed by atoms with Gasteiger partial charge in [0.1, 0.15) is 0 Å². The second-order valence-corrected chi connectivity index (χ2v) is 6.07. The van der Waals surface area contributed by atoms with E-state index in [2.05, 4.69) is 37.5 Å². The normalized spacial score (nSPS) is 19.6. The van der Waals surface area contributed by atoms with Gasteiger partial charge >= 0.3 is 0 Å². The molecule has 0 radical (unpaired) electrons. The molecular weight excluding hydrogens is 252 g/mol. The van der Waals surface area contributed by atoms with Crippen LogP contribution in [0.4, 0.5) is 0 Å². The van der Waals surface area contributed by atoms with E-state index in [0.717, 1.165) is 52.5 Å². The van der Waals surface area contributed by atoms with E-state index in [1.54, 1.807) is 0 Å². The van der Waals surface area contributed by atoms with Crippen LogP contribution in [0.3, 0.4) is 0 Å². The molecule has 0 saturated carbocycles. The van der Waals surface area contributed by atoms with E-state index in [9.17, 15) is 0 Å². The standard InChI is InChI=1S/C16H34N2O2/c1-5-6-16(4)20-14-12-18-9-7-17(8-10-18)11-13-19-15(2)3/h15-16H,5-14H2,1-4H3/t16-/m0/s1. The third-order valence-corrected chi connectivity index (χ3v) is 3.83. The van der Waals surface area contributed by atoms with Crippen LogP contribution in [-0.2, 0) is 9.47 Å². The van der Waals surface area contributed by atoms with Crippen molar-refractivity contribution in [2.75, 3.05) is 52.5 Å². The topological polar surface area (TPSA) is 24.9 Å². The molecule has 0 amide bonds. The molecule has 20 heavy (non-hydrogen) atoms. The first-order valence-corrected chi connectivity index (χ1v) is 8.29. The molecule has 4 heteroatoms. The quantitative estimate of drug-likeness (QED) is 0.615. The van der Waals surface area contributed by atoms with Crippen LogP contribution >= 0.6 is 0 Å². The maximum Gasteiger partial charge on any atom is 0.0597 e. The van der Waals surface area contributed by atoms with Gasteiger partial charge in [0.15, 0.2) is 0 Å². The first kappa shape index (κ1) is 17.9. The average Bonchev–Trinajstić information content (AvgIpc) is 2.40. The van der Waals surface area contributed by atoms with Gasteiger partial charge in [-0.3, -0.25) is 9.80 Å². The van der Waals surface area contributed by atoms with Crippen LogP contribution in [0.5, 0.6) is 0 Å². The molecule has 0 aliphatic carbocycles. The Bertz CT molecular complexity index is 229. The molecule has 0 aromatic heterocycles. The predicted octanol–water partition coefficient (Wildman–Crippen LogP) is 2.23. The van der Waals surface area contributed by atoms with Crippen LogP contribution in [0.2, 0.25) is 0 Å². The van der Waals surface area contributed by atoms with Gasteiger partial charge in [0.2, 0.25) is 0 Å². The molecule has 0 spiro atoms. The maximum absolute atomic E-state index is 5.83. The van der Waals surface area contributed by atoms with E-state index in [1.165, 1.54) is 12.8 Å². The van der Waals surface area contributed by atoms with Crippen LogP contribution in [0.25, 0.3) is 0 Å². The lowest BCUT2D eigenvalue weighted by atomic mass is 10.2. The minimum absolute atomic E-state index is 0.346. The molecule has 4 nitrogen and oxygen atoms in total. The van der Waals surface area contributed by atoms with Gasteiger partial charge in [-0.2, -0.15) is 0 Å². The second kappa shape index (κ2) is 10.6. The van der Waals surface area contributed by atoms with Crippen LogP contribution in [0.15, 0.2) is 0 Å². The van der Waals surface area contributed by atoms with E-state index in [4.69, 9.17) is 9.47 Å². The molecule has 120 valence electrons. The summed E-state index contributed by atoms with van der Waals surface area (Å²) in [5.41, 5.74) is 0. The van der Waals surface area contributed by atoms with Crippen molar-refractivity contribution in [3.63, 3.8) is 0 Å². The summed E-state index contributed by atoms with van der Waals surface area (Å²) in [5, 5.41) is 0. The second-order valence-electron chi connectivity index (χ2n) is 6.07. The van der Waals surface area contributed by atoms with Crippen LogP contribution < -0.4 is 0 Å². The van der Waals surface area contributed by atoms with Gasteiger partial charge in [0.25, 0.3) is 0 Å². The Morgan fingerprint density at radius 2 is 1.35 bits per heavy atom. The number of piperazine rings is 1. The summed E-state index contributed by atoms with van der Waals surface area (Å²) in [7, 11) is 0. The summed E-state index contributed by atoms with van der Waals surface area (Å²) in [5.74, 6) is 0. The summed E-state index contributed by atoms with van der Waals surface area (Å²) in [6.07, 6.45) is 3.13. The van der Waals surface area contributed by atoms with Gasteiger partial charge < -0.3 is 9.47 Å². The molecule has 1 aliphatic heterocycles. The average molecular weight is 286 g/mol. The van der Waals surface area contributed by atoms with Crippen molar-refractivity contribution < 1.29 is 9.47 Å². The van der Waals surface area contributed by atoms with Gasteiger partial charge in [-0.05, 0) is 27.2 Å². The van der Waals surface area contributed by atoms with Gasteiger partial charge in [-0.1, -0.05) is 13.3 Å². The monoisotopic (exact) mass is 286 g/mol. The van der Waals surface area contributed by atoms with Crippen molar-refractivity contribution in [3.8, 4) is 0 Å². The number of rotatable bonds is 10. The number of ether oxygens (including phenoxy) is 2. The van der Waals surface area contributed by atoms with E-state index in [-0.39, 0.29) is 0 Å². The van der Waals surface area contributed by atoms with E-state index in [0.29, 0.717) is 12.2 Å². The maximum atomic E-state index is 5.83. The lowest BCUT2D eigenvalue weighted by Crippen LogP contribution is -2.48. The Balaban J connectivity index is 2.01. The van der Waals surface area contributed by atoms with Crippen LogP contribution in [-0.4, -0.2) is 74.5 Å². The zero-order chi connectivity index (χ0) is 14.8. The third kappa shape index (κ3) is 8.20. The Morgan fingerprint density at radius 3 is 1.80 bits per heavy atom. The number of nitrogens with zero attached hydrogens (tertiary/aromatic N) is 2. The molecule has 1 rings (SSSR count). The zero-order valence-corrected chi connectivity index (χ0v) is 13.9. The van der Waals surface area contributed by atoms with Crippen molar-refractivity contribution in [2.24, 2.45) is 0 Å². The van der Waals surface area contributed by atoms with Gasteiger partial charge in [-0.15, -0.1) is 0 Å². The van der Waals surface area contributed by atoms with Crippen LogP contribution in [0.1, 0.15) is 40.5 Å². The highest BCUT2D eigenvalue weighted by atomic mass is 16.5. The van der Waals surface area contributed by atoms with E-state index >= 15 is 0 Å². The third-order valence-electron chi connectivity index (χ3n) is 3.83. The van der Waals surface area contributed by atoms with Crippen molar-refractivity contribution in [3.05, 3.63) is 0 Å². The lowest BCUT2D eigenvalue weighted by molar-refractivity contribution is 0.0219. The first-order chi connectivity index (χ1) is 9.61. The van der Waals surface area contributed by atoms with Crippen molar-refractivity contribution in [2.45, 2.75) is 52.7 Å². The molecule has 0 bridgehead atoms. The molecule has 0 aromatic rings. The highest BCUT2D eigenvalue weighted by Gasteiger charge is 2.16. The SMILES string of the molecule is CCC[C@H](C)OCCN1CCN(CCOC(C)C)CC1. The molecule has 0 N–H and O–H groups in total. The number of hydrogen-bond acceptors (Lipinski definition) is 4. The Kier molecular flexibility index (Phi) is 9.44. The summed E-state index contributed by atoms with van der Waals surface area (Å²) in [4.78, 5) is 5.01. The van der Waals surface area contributed by atoms with Crippen molar-refractivity contribution >= 4 is 0 Å². The van der Waals surface area contributed by atoms with Gasteiger partial charge in [0.05, 0.1) is 25.4 Å². The fraction of sp³-hybridized carbons (Fsp3) is 1.00. The Morgan fingerprint density at radius 1 is 0.850 bits per heavy atom. The highest BCUT2D eigenvalue weighted by Crippen LogP contribution is 2.04. The van der Waals surface area contributed by atoms with Crippen molar-refractivity contribution in [1.29, 1.82) is 0 Å². The summed E-state index contributed by atoms with van der Waals surface area (Å²) < 4.78 is 11.4. The largest absolute Gasteiger partial charge is 0.377 e. The Labute approximate surface area is 125 Å². The van der Waals surface area contributed by atoms with Crippen LogP contribution in [0, 0.1) is 0 Å². The molecule has 1 heterocycles. The summed E-state index contributed by atoms with van der Waals surface area (Å²) in [6.45, 7) is 17.1. The lowest BCUT2D eigenvalue weighted by Gasteiger charge is -2.34. The molecular formula is C16H34N2O2. The van der Waals surface area contributed by atoms with Gasteiger partial charge in [0, 0.05) is 39.3 Å². The molecule has 0 aromatic carbocycles. The predicted molar refractivity (Wildman–Crippen MR) is 84.3 cm³/mol. The zero-order valence-electron chi connectivity index (χ0n) is 13.9. The number of hydrogen-bond donors (Lipinski definition) is 0. The summed E-state index contributed by atoms with van der Waals surface area (Å²) in [6, 6.07) is 0. The van der Waals surface area contributed by atoms with E-state index in [1.807, 2.05) is 0 Å². The van der Waals surface area contributed by atoms with E-state index < -0.39 is 0 Å². The Hall–Kier alpha value is -0.160. The molecule has 1 saturated heterocycles. The molecule has 1 fully saturated rings.